The van der Waals surface area contributed by atoms with Crippen LogP contribution in [-0.2, 0) is 34.4 Å². The fraction of sp³-hybridized carbons (Fsp3) is 0.579. The van der Waals surface area contributed by atoms with Crippen molar-refractivity contribution in [3.63, 3.8) is 0 Å². The number of hydrogen-bond acceptors (Lipinski definition) is 8. The maximum atomic E-state index is 13.5. The van der Waals surface area contributed by atoms with Crippen LogP contribution in [0, 0.1) is 5.92 Å². The molecule has 0 aliphatic carbocycles. The number of rotatable bonds is 7. The quantitative estimate of drug-likeness (QED) is 0.538. The summed E-state index contributed by atoms with van der Waals surface area (Å²) in [7, 11) is -7.99. The minimum Gasteiger partial charge on any atom is -0.492 e. The fourth-order valence-corrected chi connectivity index (χ4v) is 6.85. The van der Waals surface area contributed by atoms with Gasteiger partial charge in [0, 0.05) is 19.5 Å². The predicted molar refractivity (Wildman–Crippen MR) is 112 cm³/mol. The first kappa shape index (κ1) is 23.5. The molecule has 0 saturated carbocycles. The van der Waals surface area contributed by atoms with Crippen LogP contribution in [-0.4, -0.2) is 65.1 Å². The Kier molecular flexibility index (Phi) is 6.92. The molecule has 1 amide bonds. The molecule has 0 aromatic heterocycles. The SMILES string of the molecule is CCOC(=O)C1CCCN(S(=O)(=O)c2cc(N3C(=O)CCS3(=O)=O)ccc2OCC)C1. The number of anilines is 1. The lowest BCUT2D eigenvalue weighted by atomic mass is 10.0. The Balaban J connectivity index is 2.01. The third-order valence-corrected chi connectivity index (χ3v) is 8.74. The van der Waals surface area contributed by atoms with E-state index in [1.165, 1.54) is 16.4 Å². The predicted octanol–water partition coefficient (Wildman–Crippen LogP) is 1.12. The second-order valence-electron chi connectivity index (χ2n) is 7.24. The van der Waals surface area contributed by atoms with Crippen molar-refractivity contribution < 1.29 is 35.9 Å². The van der Waals surface area contributed by atoms with E-state index in [-0.39, 0.29) is 54.8 Å². The van der Waals surface area contributed by atoms with E-state index in [9.17, 15) is 26.4 Å². The minimum atomic E-state index is -4.14. The van der Waals surface area contributed by atoms with E-state index < -0.39 is 37.8 Å². The lowest BCUT2D eigenvalue weighted by Crippen LogP contribution is -2.43. The van der Waals surface area contributed by atoms with Gasteiger partial charge in [-0.05, 0) is 44.9 Å². The van der Waals surface area contributed by atoms with E-state index >= 15 is 0 Å². The summed E-state index contributed by atoms with van der Waals surface area (Å²) in [6, 6.07) is 3.84. The first-order valence-corrected chi connectivity index (χ1v) is 13.2. The van der Waals surface area contributed by atoms with Crippen LogP contribution in [0.3, 0.4) is 0 Å². The van der Waals surface area contributed by atoms with Crippen molar-refractivity contribution in [1.82, 2.24) is 4.31 Å². The van der Waals surface area contributed by atoms with Gasteiger partial charge in [-0.25, -0.2) is 21.1 Å². The zero-order valence-corrected chi connectivity index (χ0v) is 19.1. The number of carbonyl (C=O) groups is 2. The highest BCUT2D eigenvalue weighted by Gasteiger charge is 2.39. The maximum Gasteiger partial charge on any atom is 0.310 e. The average Bonchev–Trinajstić information content (AvgIpc) is 3.01. The Morgan fingerprint density at radius 3 is 2.58 bits per heavy atom. The molecule has 2 aliphatic heterocycles. The summed E-state index contributed by atoms with van der Waals surface area (Å²) >= 11 is 0. The van der Waals surface area contributed by atoms with Gasteiger partial charge in [-0.2, -0.15) is 4.31 Å². The van der Waals surface area contributed by atoms with E-state index in [1.54, 1.807) is 13.8 Å². The van der Waals surface area contributed by atoms with Gasteiger partial charge >= 0.3 is 5.97 Å². The number of ether oxygens (including phenoxy) is 2. The number of sulfonamides is 2. The molecule has 1 atom stereocenters. The summed E-state index contributed by atoms with van der Waals surface area (Å²) in [6.45, 7) is 3.93. The van der Waals surface area contributed by atoms with Crippen molar-refractivity contribution in [3.05, 3.63) is 18.2 Å². The lowest BCUT2D eigenvalue weighted by molar-refractivity contribution is -0.149. The molecule has 0 radical (unpaired) electrons. The summed E-state index contributed by atoms with van der Waals surface area (Å²) < 4.78 is 63.8. The van der Waals surface area contributed by atoms with Gasteiger partial charge in [0.15, 0.2) is 0 Å². The smallest absolute Gasteiger partial charge is 0.310 e. The van der Waals surface area contributed by atoms with E-state index in [0.29, 0.717) is 17.1 Å². The van der Waals surface area contributed by atoms with Gasteiger partial charge in [0.1, 0.15) is 10.6 Å². The number of nitrogens with zero attached hydrogens (tertiary/aromatic N) is 2. The zero-order valence-electron chi connectivity index (χ0n) is 17.4. The second kappa shape index (κ2) is 9.13. The van der Waals surface area contributed by atoms with E-state index in [2.05, 4.69) is 0 Å². The first-order valence-electron chi connectivity index (χ1n) is 10.1. The number of piperidine rings is 1. The monoisotopic (exact) mass is 474 g/mol. The fourth-order valence-electron chi connectivity index (χ4n) is 3.72. The Bertz CT molecular complexity index is 1070. The van der Waals surface area contributed by atoms with Crippen molar-refractivity contribution in [3.8, 4) is 5.75 Å². The number of esters is 1. The van der Waals surface area contributed by atoms with Crippen molar-refractivity contribution in [2.75, 3.05) is 36.4 Å². The normalized spacial score (nSPS) is 21.8. The molecule has 2 aliphatic rings. The maximum absolute atomic E-state index is 13.5. The summed E-state index contributed by atoms with van der Waals surface area (Å²) in [5, 5.41) is 0. The molecule has 1 aromatic carbocycles. The summed E-state index contributed by atoms with van der Waals surface area (Å²) in [5.74, 6) is -1.92. The van der Waals surface area contributed by atoms with Crippen molar-refractivity contribution in [2.45, 2.75) is 38.0 Å². The molecular formula is C19H26N2O8S2. The van der Waals surface area contributed by atoms with E-state index in [4.69, 9.17) is 9.47 Å². The highest BCUT2D eigenvalue weighted by atomic mass is 32.2. The largest absolute Gasteiger partial charge is 0.492 e. The Morgan fingerprint density at radius 1 is 1.23 bits per heavy atom. The van der Waals surface area contributed by atoms with Crippen LogP contribution in [0.15, 0.2) is 23.1 Å². The summed E-state index contributed by atoms with van der Waals surface area (Å²) in [6.07, 6.45) is 0.833. The molecule has 2 saturated heterocycles. The highest BCUT2D eigenvalue weighted by molar-refractivity contribution is 7.94. The molecule has 172 valence electrons. The van der Waals surface area contributed by atoms with Crippen LogP contribution >= 0.6 is 0 Å². The van der Waals surface area contributed by atoms with E-state index in [0.717, 1.165) is 6.07 Å². The molecule has 2 heterocycles. The van der Waals surface area contributed by atoms with Crippen LogP contribution in [0.1, 0.15) is 33.1 Å². The first-order chi connectivity index (χ1) is 14.6. The molecule has 31 heavy (non-hydrogen) atoms. The van der Waals surface area contributed by atoms with E-state index in [1.807, 2.05) is 0 Å². The summed E-state index contributed by atoms with van der Waals surface area (Å²) in [4.78, 5) is 24.0. The van der Waals surface area contributed by atoms with Crippen LogP contribution in [0.5, 0.6) is 5.75 Å². The molecule has 0 spiro atoms. The lowest BCUT2D eigenvalue weighted by Gasteiger charge is -2.31. The molecule has 2 fully saturated rings. The Hall–Kier alpha value is -2.18. The standard InChI is InChI=1S/C19H26N2O8S2/c1-3-28-16-8-7-15(21-18(22)9-11-30(21,24)25)12-17(16)31(26,27)20-10-5-6-14(13-20)19(23)29-4-2/h7-8,12,14H,3-6,9-11,13H2,1-2H3. The van der Waals surface area contributed by atoms with Crippen molar-refractivity contribution >= 4 is 37.6 Å². The molecule has 3 rings (SSSR count). The van der Waals surface area contributed by atoms with Gasteiger partial charge in [0.2, 0.25) is 26.0 Å². The van der Waals surface area contributed by atoms with Crippen LogP contribution in [0.25, 0.3) is 0 Å². The number of benzene rings is 1. The topological polar surface area (TPSA) is 127 Å². The molecule has 1 aromatic rings. The van der Waals surface area contributed by atoms with Crippen LogP contribution < -0.4 is 9.04 Å². The van der Waals surface area contributed by atoms with Crippen LogP contribution in [0.2, 0.25) is 0 Å². The minimum absolute atomic E-state index is 0.0437. The highest BCUT2D eigenvalue weighted by Crippen LogP contribution is 2.35. The average molecular weight is 475 g/mol. The van der Waals surface area contributed by atoms with Crippen molar-refractivity contribution in [2.24, 2.45) is 5.92 Å². The molecule has 0 N–H and O–H groups in total. The van der Waals surface area contributed by atoms with Gasteiger partial charge < -0.3 is 9.47 Å². The molecule has 12 heteroatoms. The number of hydrogen-bond donors (Lipinski definition) is 0. The molecule has 0 bridgehead atoms. The third kappa shape index (κ3) is 4.70. The van der Waals surface area contributed by atoms with Gasteiger partial charge in [-0.15, -0.1) is 0 Å². The second-order valence-corrected chi connectivity index (χ2v) is 11.1. The van der Waals surface area contributed by atoms with Gasteiger partial charge in [0.25, 0.3) is 0 Å². The molecular weight excluding hydrogens is 448 g/mol. The van der Waals surface area contributed by atoms with Crippen LogP contribution in [0.4, 0.5) is 5.69 Å². The van der Waals surface area contributed by atoms with Crippen molar-refractivity contribution in [1.29, 1.82) is 0 Å². The summed E-state index contributed by atoms with van der Waals surface area (Å²) in [5.41, 5.74) is -0.0523. The number of amides is 1. The van der Waals surface area contributed by atoms with Gasteiger partial charge in [0.05, 0.1) is 30.6 Å². The Labute approximate surface area is 182 Å². The van der Waals surface area contributed by atoms with Gasteiger partial charge in [-0.3, -0.25) is 9.59 Å². The van der Waals surface area contributed by atoms with Gasteiger partial charge in [-0.1, -0.05) is 0 Å². The molecule has 1 unspecified atom stereocenters. The zero-order chi connectivity index (χ0) is 22.8. The number of carbonyl (C=O) groups excluding carboxylic acids is 2. The third-order valence-electron chi connectivity index (χ3n) is 5.16. The molecule has 10 nitrogen and oxygen atoms in total. The Morgan fingerprint density at radius 2 is 1.97 bits per heavy atom.